The minimum atomic E-state index is -0.636. The summed E-state index contributed by atoms with van der Waals surface area (Å²) in [5.41, 5.74) is 3.91. The van der Waals surface area contributed by atoms with Gasteiger partial charge in [-0.05, 0) is 42.3 Å². The number of carbonyl (C=O) groups excluding carboxylic acids is 2. The number of morpholine rings is 1. The van der Waals surface area contributed by atoms with Gasteiger partial charge in [0.05, 0.1) is 25.2 Å². The molecular weight excluding hydrogens is 474 g/mol. The highest BCUT2D eigenvalue weighted by molar-refractivity contribution is 6.30. The van der Waals surface area contributed by atoms with E-state index in [-0.39, 0.29) is 24.3 Å². The summed E-state index contributed by atoms with van der Waals surface area (Å²) in [7, 11) is 0. The molecule has 6 nitrogen and oxygen atoms in total. The molecule has 0 unspecified atom stereocenters. The second kappa shape index (κ2) is 12.6. The Balaban J connectivity index is 1.53. The SMILES string of the molecule is Cc1ccc(NC[C@@H](NC(=O)[C@@H](CC(=O)N2CCOCC2)c2ccc(Cl)cc2)c2ccccc2)cc1. The molecule has 1 saturated heterocycles. The lowest BCUT2D eigenvalue weighted by molar-refractivity contribution is -0.138. The van der Waals surface area contributed by atoms with Crippen LogP contribution in [0.4, 0.5) is 5.69 Å². The molecule has 7 heteroatoms. The standard InChI is InChI=1S/C29H32ClN3O3/c1-21-7-13-25(14-8-21)31-20-27(23-5-3-2-4-6-23)32-29(35)26(22-9-11-24(30)12-10-22)19-28(34)33-15-17-36-18-16-33/h2-14,26-27,31H,15-20H2,1H3,(H,32,35)/t26-,27+/m0/s1. The number of hydrogen-bond donors (Lipinski definition) is 2. The van der Waals surface area contributed by atoms with Crippen molar-refractivity contribution < 1.29 is 14.3 Å². The van der Waals surface area contributed by atoms with Crippen molar-refractivity contribution >= 4 is 29.1 Å². The zero-order chi connectivity index (χ0) is 25.3. The number of amides is 2. The van der Waals surface area contributed by atoms with E-state index in [9.17, 15) is 9.59 Å². The third-order valence-corrected chi connectivity index (χ3v) is 6.66. The Hall–Kier alpha value is -3.35. The normalized spacial score (nSPS) is 15.1. The molecule has 0 saturated carbocycles. The van der Waals surface area contributed by atoms with Crippen LogP contribution in [0.3, 0.4) is 0 Å². The van der Waals surface area contributed by atoms with Crippen LogP contribution >= 0.6 is 11.6 Å². The largest absolute Gasteiger partial charge is 0.383 e. The van der Waals surface area contributed by atoms with Gasteiger partial charge in [-0.1, -0.05) is 71.8 Å². The van der Waals surface area contributed by atoms with Gasteiger partial charge < -0.3 is 20.3 Å². The topological polar surface area (TPSA) is 70.7 Å². The van der Waals surface area contributed by atoms with Crippen molar-refractivity contribution in [2.24, 2.45) is 0 Å². The monoisotopic (exact) mass is 505 g/mol. The van der Waals surface area contributed by atoms with Crippen molar-refractivity contribution in [1.82, 2.24) is 10.2 Å². The number of anilines is 1. The predicted molar refractivity (Wildman–Crippen MR) is 143 cm³/mol. The first-order chi connectivity index (χ1) is 17.5. The molecule has 1 aliphatic heterocycles. The van der Waals surface area contributed by atoms with Crippen LogP contribution in [0.1, 0.15) is 35.1 Å². The molecular formula is C29H32ClN3O3. The Morgan fingerprint density at radius 1 is 0.917 bits per heavy atom. The second-order valence-corrected chi connectivity index (χ2v) is 9.46. The van der Waals surface area contributed by atoms with E-state index in [0.29, 0.717) is 37.9 Å². The quantitative estimate of drug-likeness (QED) is 0.431. The number of hydrogen-bond acceptors (Lipinski definition) is 4. The maximum atomic E-state index is 13.7. The Bertz CT molecular complexity index is 1130. The van der Waals surface area contributed by atoms with Crippen LogP contribution in [0.15, 0.2) is 78.9 Å². The van der Waals surface area contributed by atoms with Gasteiger partial charge in [0.25, 0.3) is 0 Å². The molecule has 0 spiro atoms. The second-order valence-electron chi connectivity index (χ2n) is 9.02. The third-order valence-electron chi connectivity index (χ3n) is 6.41. The van der Waals surface area contributed by atoms with Gasteiger partial charge in [-0.2, -0.15) is 0 Å². The fraction of sp³-hybridized carbons (Fsp3) is 0.310. The van der Waals surface area contributed by atoms with Gasteiger partial charge in [-0.3, -0.25) is 9.59 Å². The zero-order valence-electron chi connectivity index (χ0n) is 20.5. The summed E-state index contributed by atoms with van der Waals surface area (Å²) < 4.78 is 5.38. The molecule has 36 heavy (non-hydrogen) atoms. The number of halogens is 1. The molecule has 2 atom stereocenters. The first-order valence-electron chi connectivity index (χ1n) is 12.3. The van der Waals surface area contributed by atoms with E-state index in [1.807, 2.05) is 73.7 Å². The molecule has 0 aromatic heterocycles. The number of nitrogens with one attached hydrogen (secondary N) is 2. The highest BCUT2D eigenvalue weighted by atomic mass is 35.5. The fourth-order valence-electron chi connectivity index (χ4n) is 4.27. The van der Waals surface area contributed by atoms with Gasteiger partial charge in [0, 0.05) is 36.8 Å². The van der Waals surface area contributed by atoms with Crippen molar-refractivity contribution in [2.45, 2.75) is 25.3 Å². The van der Waals surface area contributed by atoms with Crippen LogP contribution in [0.5, 0.6) is 0 Å². The average molecular weight is 506 g/mol. The first kappa shape index (κ1) is 25.7. The Morgan fingerprint density at radius 3 is 2.25 bits per heavy atom. The predicted octanol–water partition coefficient (Wildman–Crippen LogP) is 4.95. The van der Waals surface area contributed by atoms with E-state index >= 15 is 0 Å². The van der Waals surface area contributed by atoms with Crippen LogP contribution in [-0.2, 0) is 14.3 Å². The Kier molecular flexibility index (Phi) is 8.98. The van der Waals surface area contributed by atoms with Gasteiger partial charge in [0.2, 0.25) is 11.8 Å². The average Bonchev–Trinajstić information content (AvgIpc) is 2.92. The molecule has 2 amide bonds. The number of benzene rings is 3. The lowest BCUT2D eigenvalue weighted by Gasteiger charge is -2.29. The summed E-state index contributed by atoms with van der Waals surface area (Å²) in [4.78, 5) is 28.6. The van der Waals surface area contributed by atoms with Crippen LogP contribution in [0.2, 0.25) is 5.02 Å². The Labute approximate surface area is 217 Å². The zero-order valence-corrected chi connectivity index (χ0v) is 21.2. The number of carbonyl (C=O) groups is 2. The van der Waals surface area contributed by atoms with Crippen LogP contribution in [0.25, 0.3) is 0 Å². The van der Waals surface area contributed by atoms with Crippen LogP contribution in [-0.4, -0.2) is 49.6 Å². The number of ether oxygens (including phenoxy) is 1. The molecule has 4 rings (SSSR count). The molecule has 1 fully saturated rings. The number of rotatable bonds is 9. The van der Waals surface area contributed by atoms with E-state index < -0.39 is 5.92 Å². The van der Waals surface area contributed by atoms with Gasteiger partial charge in [-0.15, -0.1) is 0 Å². The number of nitrogens with zero attached hydrogens (tertiary/aromatic N) is 1. The van der Waals surface area contributed by atoms with E-state index in [1.54, 1.807) is 17.0 Å². The van der Waals surface area contributed by atoms with Gasteiger partial charge in [0.1, 0.15) is 0 Å². The molecule has 3 aromatic carbocycles. The lowest BCUT2D eigenvalue weighted by atomic mass is 9.93. The summed E-state index contributed by atoms with van der Waals surface area (Å²) in [6.45, 7) is 4.67. The van der Waals surface area contributed by atoms with Gasteiger partial charge in [0.15, 0.2) is 0 Å². The summed E-state index contributed by atoms with van der Waals surface area (Å²) in [6, 6.07) is 24.9. The van der Waals surface area contributed by atoms with Crippen molar-refractivity contribution in [3.63, 3.8) is 0 Å². The molecule has 0 radical (unpaired) electrons. The minimum Gasteiger partial charge on any atom is -0.383 e. The molecule has 1 heterocycles. The fourth-order valence-corrected chi connectivity index (χ4v) is 4.40. The van der Waals surface area contributed by atoms with Crippen molar-refractivity contribution in [2.75, 3.05) is 38.2 Å². The van der Waals surface area contributed by atoms with E-state index in [2.05, 4.69) is 10.6 Å². The maximum absolute atomic E-state index is 13.7. The molecule has 3 aromatic rings. The lowest BCUT2D eigenvalue weighted by Crippen LogP contribution is -2.43. The van der Waals surface area contributed by atoms with Crippen molar-refractivity contribution in [3.8, 4) is 0 Å². The molecule has 1 aliphatic rings. The summed E-state index contributed by atoms with van der Waals surface area (Å²) in [5, 5.41) is 7.22. The van der Waals surface area contributed by atoms with Gasteiger partial charge in [-0.25, -0.2) is 0 Å². The summed E-state index contributed by atoms with van der Waals surface area (Å²) in [6.07, 6.45) is 0.0837. The summed E-state index contributed by atoms with van der Waals surface area (Å²) in [5.74, 6) is -0.885. The molecule has 188 valence electrons. The Morgan fingerprint density at radius 2 is 1.58 bits per heavy atom. The van der Waals surface area contributed by atoms with Crippen LogP contribution < -0.4 is 10.6 Å². The smallest absolute Gasteiger partial charge is 0.228 e. The summed E-state index contributed by atoms with van der Waals surface area (Å²) >= 11 is 6.10. The van der Waals surface area contributed by atoms with E-state index in [1.165, 1.54) is 5.56 Å². The van der Waals surface area contributed by atoms with E-state index in [0.717, 1.165) is 16.8 Å². The maximum Gasteiger partial charge on any atom is 0.228 e. The van der Waals surface area contributed by atoms with E-state index in [4.69, 9.17) is 16.3 Å². The molecule has 2 N–H and O–H groups in total. The third kappa shape index (κ3) is 7.09. The first-order valence-corrected chi connectivity index (χ1v) is 12.6. The number of aryl methyl sites for hydroxylation is 1. The van der Waals surface area contributed by atoms with Crippen molar-refractivity contribution in [1.29, 1.82) is 0 Å². The van der Waals surface area contributed by atoms with Crippen LogP contribution in [0, 0.1) is 6.92 Å². The highest BCUT2D eigenvalue weighted by Gasteiger charge is 2.29. The molecule has 0 aliphatic carbocycles. The van der Waals surface area contributed by atoms with Gasteiger partial charge >= 0.3 is 0 Å². The highest BCUT2D eigenvalue weighted by Crippen LogP contribution is 2.25. The van der Waals surface area contributed by atoms with Crippen molar-refractivity contribution in [3.05, 3.63) is 101 Å². The molecule has 0 bridgehead atoms. The minimum absolute atomic E-state index is 0.0533.